The number of hydrogen-bond donors (Lipinski definition) is 2. The van der Waals surface area contributed by atoms with Crippen LogP contribution >= 0.6 is 11.3 Å². The average Bonchev–Trinajstić information content (AvgIpc) is 2.83. The highest BCUT2D eigenvalue weighted by atomic mass is 32.1. The highest BCUT2D eigenvalue weighted by molar-refractivity contribution is 7.19. The van der Waals surface area contributed by atoms with Gasteiger partial charge in [-0.05, 0) is 41.8 Å². The minimum absolute atomic E-state index is 0.238. The van der Waals surface area contributed by atoms with Gasteiger partial charge in [0.25, 0.3) is 0 Å². The minimum Gasteiger partial charge on any atom is -0.508 e. The van der Waals surface area contributed by atoms with Gasteiger partial charge in [0.2, 0.25) is 0 Å². The van der Waals surface area contributed by atoms with Crippen LogP contribution in [0.25, 0.3) is 10.1 Å². The number of thiophene rings is 1. The fraction of sp³-hybridized carbons (Fsp3) is 0.0667. The summed E-state index contributed by atoms with van der Waals surface area (Å²) >= 11 is 1.65. The Morgan fingerprint density at radius 1 is 1.11 bits per heavy atom. The fourth-order valence-corrected chi connectivity index (χ4v) is 2.90. The second-order valence-electron chi connectivity index (χ2n) is 4.26. The standard InChI is InChI=1S/C15H13NO2S/c16-14-3-1-2-10-8-13(19-15(10)14)9-18-12-6-4-11(17)5-7-12/h1-8,17H,9,16H2. The number of nitrogen functional groups attached to an aromatic ring is 1. The quantitative estimate of drug-likeness (QED) is 0.713. The van der Waals surface area contributed by atoms with E-state index in [1.807, 2.05) is 18.2 Å². The topological polar surface area (TPSA) is 55.5 Å². The number of aromatic hydroxyl groups is 1. The molecule has 3 N–H and O–H groups in total. The Labute approximate surface area is 114 Å². The number of phenols is 1. The molecular weight excluding hydrogens is 258 g/mol. The van der Waals surface area contributed by atoms with E-state index in [2.05, 4.69) is 6.07 Å². The van der Waals surface area contributed by atoms with E-state index in [0.717, 1.165) is 26.4 Å². The Kier molecular flexibility index (Phi) is 3.01. The number of fused-ring (bicyclic) bond motifs is 1. The Hall–Kier alpha value is -2.20. The van der Waals surface area contributed by atoms with Crippen LogP contribution in [0.1, 0.15) is 4.88 Å². The van der Waals surface area contributed by atoms with Crippen LogP contribution in [0.15, 0.2) is 48.5 Å². The molecule has 3 nitrogen and oxygen atoms in total. The van der Waals surface area contributed by atoms with E-state index in [0.29, 0.717) is 6.61 Å². The Morgan fingerprint density at radius 3 is 2.63 bits per heavy atom. The third kappa shape index (κ3) is 2.48. The number of rotatable bonds is 3. The van der Waals surface area contributed by atoms with Crippen molar-refractivity contribution < 1.29 is 9.84 Å². The summed E-state index contributed by atoms with van der Waals surface area (Å²) in [5.74, 6) is 0.977. The van der Waals surface area contributed by atoms with Crippen molar-refractivity contribution in [3.63, 3.8) is 0 Å². The summed E-state index contributed by atoms with van der Waals surface area (Å²) in [6.45, 7) is 0.504. The number of anilines is 1. The molecule has 0 amide bonds. The highest BCUT2D eigenvalue weighted by Crippen LogP contribution is 2.31. The fourth-order valence-electron chi connectivity index (χ4n) is 1.91. The van der Waals surface area contributed by atoms with Crippen molar-refractivity contribution in [2.24, 2.45) is 0 Å². The maximum atomic E-state index is 9.20. The molecule has 0 unspecified atom stereocenters. The van der Waals surface area contributed by atoms with Gasteiger partial charge in [0, 0.05) is 10.6 Å². The first kappa shape index (κ1) is 11.9. The van der Waals surface area contributed by atoms with Gasteiger partial charge in [-0.3, -0.25) is 0 Å². The van der Waals surface area contributed by atoms with Crippen LogP contribution in [0.3, 0.4) is 0 Å². The minimum atomic E-state index is 0.238. The van der Waals surface area contributed by atoms with E-state index in [9.17, 15) is 5.11 Å². The van der Waals surface area contributed by atoms with Gasteiger partial charge in [-0.1, -0.05) is 12.1 Å². The lowest BCUT2D eigenvalue weighted by Crippen LogP contribution is -1.91. The number of nitrogens with two attached hydrogens (primary N) is 1. The van der Waals surface area contributed by atoms with Gasteiger partial charge in [-0.2, -0.15) is 0 Å². The molecule has 0 aliphatic rings. The van der Waals surface area contributed by atoms with Crippen molar-refractivity contribution in [1.82, 2.24) is 0 Å². The van der Waals surface area contributed by atoms with Crippen LogP contribution in [0.2, 0.25) is 0 Å². The molecule has 0 saturated carbocycles. The van der Waals surface area contributed by atoms with Gasteiger partial charge in [0.05, 0.1) is 4.70 Å². The first-order valence-electron chi connectivity index (χ1n) is 5.91. The molecule has 0 spiro atoms. The SMILES string of the molecule is Nc1cccc2cc(COc3ccc(O)cc3)sc12. The van der Waals surface area contributed by atoms with Gasteiger partial charge in [0.1, 0.15) is 18.1 Å². The zero-order valence-electron chi connectivity index (χ0n) is 10.2. The van der Waals surface area contributed by atoms with E-state index in [1.54, 1.807) is 35.6 Å². The van der Waals surface area contributed by atoms with Crippen molar-refractivity contribution in [2.45, 2.75) is 6.61 Å². The van der Waals surface area contributed by atoms with Crippen LogP contribution in [-0.2, 0) is 6.61 Å². The lowest BCUT2D eigenvalue weighted by atomic mass is 10.2. The summed E-state index contributed by atoms with van der Waals surface area (Å²) in [6.07, 6.45) is 0. The highest BCUT2D eigenvalue weighted by Gasteiger charge is 2.05. The molecule has 3 rings (SSSR count). The van der Waals surface area contributed by atoms with Gasteiger partial charge in [-0.15, -0.1) is 11.3 Å². The molecular formula is C15H13NO2S. The van der Waals surface area contributed by atoms with Gasteiger partial charge < -0.3 is 15.6 Å². The molecule has 0 aliphatic carbocycles. The molecule has 0 bridgehead atoms. The molecule has 3 aromatic rings. The predicted molar refractivity (Wildman–Crippen MR) is 78.7 cm³/mol. The molecule has 0 atom stereocenters. The first-order chi connectivity index (χ1) is 9.22. The Balaban J connectivity index is 1.78. The largest absolute Gasteiger partial charge is 0.508 e. The maximum absolute atomic E-state index is 9.20. The number of hydrogen-bond acceptors (Lipinski definition) is 4. The molecule has 2 aromatic carbocycles. The summed E-state index contributed by atoms with van der Waals surface area (Å²) in [5.41, 5.74) is 6.74. The maximum Gasteiger partial charge on any atom is 0.122 e. The summed E-state index contributed by atoms with van der Waals surface area (Å²) in [6, 6.07) is 14.7. The second-order valence-corrected chi connectivity index (χ2v) is 5.40. The lowest BCUT2D eigenvalue weighted by molar-refractivity contribution is 0.309. The molecule has 1 aromatic heterocycles. The van der Waals surface area contributed by atoms with E-state index >= 15 is 0 Å². The van der Waals surface area contributed by atoms with Gasteiger partial charge in [-0.25, -0.2) is 0 Å². The molecule has 0 aliphatic heterocycles. The summed E-state index contributed by atoms with van der Waals surface area (Å²) < 4.78 is 6.78. The molecule has 96 valence electrons. The van der Waals surface area contributed by atoms with E-state index < -0.39 is 0 Å². The molecule has 19 heavy (non-hydrogen) atoms. The van der Waals surface area contributed by atoms with E-state index in [4.69, 9.17) is 10.5 Å². The number of benzene rings is 2. The predicted octanol–water partition coefficient (Wildman–Crippen LogP) is 3.77. The monoisotopic (exact) mass is 271 g/mol. The Bertz CT molecular complexity index is 704. The van der Waals surface area contributed by atoms with Crippen molar-refractivity contribution in [2.75, 3.05) is 5.73 Å². The lowest BCUT2D eigenvalue weighted by Gasteiger charge is -2.03. The van der Waals surface area contributed by atoms with Crippen LogP contribution in [0.5, 0.6) is 11.5 Å². The van der Waals surface area contributed by atoms with E-state index in [1.165, 1.54) is 0 Å². The second kappa shape index (κ2) is 4.82. The summed E-state index contributed by atoms with van der Waals surface area (Å²) in [7, 11) is 0. The number of ether oxygens (including phenoxy) is 1. The average molecular weight is 271 g/mol. The van der Waals surface area contributed by atoms with Gasteiger partial charge in [0.15, 0.2) is 0 Å². The summed E-state index contributed by atoms with van der Waals surface area (Å²) in [4.78, 5) is 1.13. The van der Waals surface area contributed by atoms with Crippen LogP contribution in [0.4, 0.5) is 5.69 Å². The van der Waals surface area contributed by atoms with Crippen molar-refractivity contribution >= 4 is 27.1 Å². The summed E-state index contributed by atoms with van der Waals surface area (Å²) in [5, 5.41) is 10.3. The number of phenolic OH excluding ortho intramolecular Hbond substituents is 1. The van der Waals surface area contributed by atoms with E-state index in [-0.39, 0.29) is 5.75 Å². The molecule has 1 heterocycles. The third-order valence-electron chi connectivity index (χ3n) is 2.84. The van der Waals surface area contributed by atoms with Crippen molar-refractivity contribution in [1.29, 1.82) is 0 Å². The smallest absolute Gasteiger partial charge is 0.122 e. The zero-order valence-corrected chi connectivity index (χ0v) is 11.0. The van der Waals surface area contributed by atoms with Crippen molar-refractivity contribution in [3.8, 4) is 11.5 Å². The molecule has 0 saturated heterocycles. The first-order valence-corrected chi connectivity index (χ1v) is 6.73. The molecule has 4 heteroatoms. The Morgan fingerprint density at radius 2 is 1.89 bits per heavy atom. The third-order valence-corrected chi connectivity index (χ3v) is 4.02. The molecule has 0 radical (unpaired) electrons. The van der Waals surface area contributed by atoms with Crippen LogP contribution < -0.4 is 10.5 Å². The van der Waals surface area contributed by atoms with Crippen molar-refractivity contribution in [3.05, 3.63) is 53.4 Å². The normalized spacial score (nSPS) is 10.7. The molecule has 0 fully saturated rings. The van der Waals surface area contributed by atoms with Crippen LogP contribution in [-0.4, -0.2) is 5.11 Å². The van der Waals surface area contributed by atoms with Crippen LogP contribution in [0, 0.1) is 0 Å². The zero-order chi connectivity index (χ0) is 13.2. The van der Waals surface area contributed by atoms with Gasteiger partial charge >= 0.3 is 0 Å².